The molecule has 6 heteroatoms. The molecular formula is C14H19NO4S. The van der Waals surface area contributed by atoms with Crippen LogP contribution in [0.2, 0.25) is 0 Å². The molecule has 1 N–H and O–H groups in total. The maximum absolute atomic E-state index is 12.7. The van der Waals surface area contributed by atoms with Crippen molar-refractivity contribution >= 4 is 10.0 Å². The van der Waals surface area contributed by atoms with Crippen LogP contribution in [0.15, 0.2) is 41.8 Å². The summed E-state index contributed by atoms with van der Waals surface area (Å²) in [5.41, 5.74) is 0.112. The summed E-state index contributed by atoms with van der Waals surface area (Å²) in [4.78, 5) is 0.213. The summed E-state index contributed by atoms with van der Waals surface area (Å²) in [5, 5.41) is 9.57. The van der Waals surface area contributed by atoms with Crippen LogP contribution in [-0.2, 0) is 14.8 Å². The van der Waals surface area contributed by atoms with E-state index < -0.39 is 15.6 Å². The zero-order valence-corrected chi connectivity index (χ0v) is 12.3. The van der Waals surface area contributed by atoms with Gasteiger partial charge in [0.25, 0.3) is 0 Å². The van der Waals surface area contributed by atoms with Gasteiger partial charge in [0.05, 0.1) is 24.7 Å². The zero-order valence-electron chi connectivity index (χ0n) is 11.4. The molecule has 0 aliphatic carbocycles. The molecule has 1 heterocycles. The van der Waals surface area contributed by atoms with Crippen molar-refractivity contribution in [3.63, 3.8) is 0 Å². The first-order chi connectivity index (χ1) is 9.46. The van der Waals surface area contributed by atoms with Gasteiger partial charge < -0.3 is 9.84 Å². The summed E-state index contributed by atoms with van der Waals surface area (Å²) < 4.78 is 31.9. The second-order valence-corrected chi connectivity index (χ2v) is 6.88. The lowest BCUT2D eigenvalue weighted by Crippen LogP contribution is -2.66. The monoisotopic (exact) mass is 297 g/mol. The molecule has 0 saturated carbocycles. The van der Waals surface area contributed by atoms with Crippen LogP contribution in [-0.4, -0.2) is 49.7 Å². The number of sulfonamides is 1. The third kappa shape index (κ3) is 2.52. The molecule has 0 bridgehead atoms. The normalized spacial score (nSPS) is 17.8. The molecule has 0 unspecified atom stereocenters. The minimum absolute atomic E-state index is 0.139. The highest BCUT2D eigenvalue weighted by atomic mass is 32.2. The van der Waals surface area contributed by atoms with E-state index in [0.29, 0.717) is 0 Å². The molecule has 1 saturated heterocycles. The Labute approximate surface area is 119 Å². The van der Waals surface area contributed by atoms with Gasteiger partial charge in [-0.15, -0.1) is 6.58 Å². The van der Waals surface area contributed by atoms with Gasteiger partial charge in [-0.05, 0) is 19.1 Å². The molecule has 2 rings (SSSR count). The summed E-state index contributed by atoms with van der Waals surface area (Å²) in [7, 11) is -3.69. The number of hydrogen-bond acceptors (Lipinski definition) is 4. The maximum Gasteiger partial charge on any atom is 0.244 e. The summed E-state index contributed by atoms with van der Waals surface area (Å²) in [6, 6.07) is 6.65. The zero-order chi connectivity index (χ0) is 14.8. The molecule has 1 fully saturated rings. The second kappa shape index (κ2) is 5.65. The number of aryl methyl sites for hydroxylation is 1. The number of benzene rings is 1. The van der Waals surface area contributed by atoms with E-state index >= 15 is 0 Å². The summed E-state index contributed by atoms with van der Waals surface area (Å²) in [6.45, 7) is 5.76. The predicted octanol–water partition coefficient (Wildman–Crippen LogP) is 0.933. The molecular weight excluding hydrogens is 278 g/mol. The molecule has 110 valence electrons. The van der Waals surface area contributed by atoms with Crippen LogP contribution in [0.5, 0.6) is 0 Å². The fraction of sp³-hybridized carbons (Fsp3) is 0.429. The average molecular weight is 297 g/mol. The Hall–Kier alpha value is -1.21. The van der Waals surface area contributed by atoms with Crippen molar-refractivity contribution in [1.29, 1.82) is 0 Å². The van der Waals surface area contributed by atoms with Crippen LogP contribution in [0, 0.1) is 6.92 Å². The van der Waals surface area contributed by atoms with Crippen LogP contribution in [0.3, 0.4) is 0 Å². The molecule has 0 spiro atoms. The minimum atomic E-state index is -3.69. The quantitative estimate of drug-likeness (QED) is 0.793. The van der Waals surface area contributed by atoms with E-state index in [0.717, 1.165) is 5.56 Å². The summed E-state index contributed by atoms with van der Waals surface area (Å²) in [6.07, 6.45) is 1.52. The van der Waals surface area contributed by atoms with Crippen LogP contribution in [0.25, 0.3) is 0 Å². The van der Waals surface area contributed by atoms with E-state index in [4.69, 9.17) is 4.74 Å². The Kier molecular flexibility index (Phi) is 4.29. The van der Waals surface area contributed by atoms with Crippen molar-refractivity contribution in [3.8, 4) is 0 Å². The largest absolute Gasteiger partial charge is 0.394 e. The highest BCUT2D eigenvalue weighted by Gasteiger charge is 2.49. The van der Waals surface area contributed by atoms with Crippen LogP contribution < -0.4 is 0 Å². The first kappa shape index (κ1) is 15.2. The van der Waals surface area contributed by atoms with E-state index in [2.05, 4.69) is 6.58 Å². The second-order valence-electron chi connectivity index (χ2n) is 5.01. The molecule has 1 aliphatic rings. The molecule has 5 nitrogen and oxygen atoms in total. The fourth-order valence-electron chi connectivity index (χ4n) is 2.15. The SMILES string of the molecule is C=CCN(C1(CO)COC1)S(=O)(=O)c1ccc(C)cc1. The number of nitrogens with zero attached hydrogens (tertiary/aromatic N) is 1. The van der Waals surface area contributed by atoms with Gasteiger partial charge in [-0.25, -0.2) is 8.42 Å². The number of aliphatic hydroxyl groups excluding tert-OH is 1. The van der Waals surface area contributed by atoms with Gasteiger partial charge in [-0.1, -0.05) is 23.8 Å². The van der Waals surface area contributed by atoms with Crippen molar-refractivity contribution in [2.75, 3.05) is 26.4 Å². The van der Waals surface area contributed by atoms with Crippen molar-refractivity contribution in [2.24, 2.45) is 0 Å². The number of rotatable bonds is 6. The molecule has 0 radical (unpaired) electrons. The molecule has 0 amide bonds. The van der Waals surface area contributed by atoms with Crippen molar-refractivity contribution < 1.29 is 18.3 Å². The first-order valence-corrected chi connectivity index (χ1v) is 7.79. The fourth-order valence-corrected chi connectivity index (χ4v) is 3.86. The highest BCUT2D eigenvalue weighted by molar-refractivity contribution is 7.89. The van der Waals surface area contributed by atoms with Crippen LogP contribution in [0.1, 0.15) is 5.56 Å². The third-order valence-corrected chi connectivity index (χ3v) is 5.45. The van der Waals surface area contributed by atoms with Gasteiger partial charge in [-0.3, -0.25) is 0 Å². The molecule has 20 heavy (non-hydrogen) atoms. The van der Waals surface area contributed by atoms with E-state index in [-0.39, 0.29) is 31.3 Å². The van der Waals surface area contributed by atoms with Crippen molar-refractivity contribution in [2.45, 2.75) is 17.4 Å². The van der Waals surface area contributed by atoms with E-state index in [1.54, 1.807) is 24.3 Å². The molecule has 1 aliphatic heterocycles. The summed E-state index contributed by atoms with van der Waals surface area (Å²) >= 11 is 0. The lowest BCUT2D eigenvalue weighted by molar-refractivity contribution is -0.130. The first-order valence-electron chi connectivity index (χ1n) is 6.35. The number of hydrogen-bond donors (Lipinski definition) is 1. The predicted molar refractivity (Wildman–Crippen MR) is 75.9 cm³/mol. The van der Waals surface area contributed by atoms with E-state index in [9.17, 15) is 13.5 Å². The van der Waals surface area contributed by atoms with Gasteiger partial charge in [0.15, 0.2) is 0 Å². The van der Waals surface area contributed by atoms with Crippen LogP contribution in [0.4, 0.5) is 0 Å². The van der Waals surface area contributed by atoms with Crippen molar-refractivity contribution in [3.05, 3.63) is 42.5 Å². The van der Waals surface area contributed by atoms with Gasteiger partial charge in [0.1, 0.15) is 5.54 Å². The van der Waals surface area contributed by atoms with E-state index in [1.165, 1.54) is 10.4 Å². The molecule has 0 aromatic heterocycles. The number of ether oxygens (including phenoxy) is 1. The highest BCUT2D eigenvalue weighted by Crippen LogP contribution is 2.30. The standard InChI is InChI=1S/C14H19NO4S/c1-3-8-15(14(9-16)10-19-11-14)20(17,18)13-6-4-12(2)5-7-13/h3-7,16H,1,8-11H2,2H3. The van der Waals surface area contributed by atoms with E-state index in [1.807, 2.05) is 6.92 Å². The van der Waals surface area contributed by atoms with Gasteiger partial charge in [0.2, 0.25) is 10.0 Å². The van der Waals surface area contributed by atoms with Gasteiger partial charge >= 0.3 is 0 Å². The third-order valence-electron chi connectivity index (χ3n) is 3.47. The Balaban J connectivity index is 2.42. The molecule has 1 aromatic rings. The Morgan fingerprint density at radius 2 is 2.00 bits per heavy atom. The Morgan fingerprint density at radius 1 is 1.40 bits per heavy atom. The lowest BCUT2D eigenvalue weighted by Gasteiger charge is -2.47. The average Bonchev–Trinajstić information content (AvgIpc) is 2.37. The summed E-state index contributed by atoms with van der Waals surface area (Å²) in [5.74, 6) is 0. The topological polar surface area (TPSA) is 66.8 Å². The number of aliphatic hydroxyl groups is 1. The minimum Gasteiger partial charge on any atom is -0.394 e. The van der Waals surface area contributed by atoms with Gasteiger partial charge in [0, 0.05) is 6.54 Å². The lowest BCUT2D eigenvalue weighted by atomic mass is 9.99. The Morgan fingerprint density at radius 3 is 2.40 bits per heavy atom. The Bertz CT molecular complexity index is 570. The van der Waals surface area contributed by atoms with Gasteiger partial charge in [-0.2, -0.15) is 4.31 Å². The smallest absolute Gasteiger partial charge is 0.244 e. The molecule has 0 atom stereocenters. The van der Waals surface area contributed by atoms with Crippen molar-refractivity contribution in [1.82, 2.24) is 4.31 Å². The molecule has 1 aromatic carbocycles. The van der Waals surface area contributed by atoms with Crippen LogP contribution >= 0.6 is 0 Å². The maximum atomic E-state index is 12.7.